The van der Waals surface area contributed by atoms with Crippen molar-refractivity contribution in [2.24, 2.45) is 5.73 Å². The molecular formula is C10H11BrClNOS. The van der Waals surface area contributed by atoms with Gasteiger partial charge >= 0.3 is 0 Å². The maximum absolute atomic E-state index is 5.91. The molecule has 0 bridgehead atoms. The first-order chi connectivity index (χ1) is 7.06. The van der Waals surface area contributed by atoms with Crippen LogP contribution < -0.4 is 10.5 Å². The maximum atomic E-state index is 5.91. The molecule has 0 heterocycles. The Balaban J connectivity index is 3.14. The Morgan fingerprint density at radius 2 is 2.27 bits per heavy atom. The topological polar surface area (TPSA) is 35.2 Å². The first kappa shape index (κ1) is 12.7. The highest BCUT2D eigenvalue weighted by atomic mass is 79.9. The standard InChI is InChI=1S/C10H11BrClNOS/c1-2-3-14-8-5-6(12)4-7(11)9(8)10(13)15/h4-5H,2-3H2,1H3,(H2,13,15). The monoisotopic (exact) mass is 307 g/mol. The molecule has 0 saturated carbocycles. The lowest BCUT2D eigenvalue weighted by atomic mass is 10.2. The van der Waals surface area contributed by atoms with Gasteiger partial charge in [0.1, 0.15) is 10.7 Å². The number of ether oxygens (including phenoxy) is 1. The van der Waals surface area contributed by atoms with Crippen molar-refractivity contribution in [2.75, 3.05) is 6.61 Å². The van der Waals surface area contributed by atoms with Gasteiger partial charge in [-0.15, -0.1) is 0 Å². The average molecular weight is 309 g/mol. The summed E-state index contributed by atoms with van der Waals surface area (Å²) in [6.07, 6.45) is 0.918. The van der Waals surface area contributed by atoms with Gasteiger partial charge in [-0.25, -0.2) is 0 Å². The van der Waals surface area contributed by atoms with E-state index in [1.54, 1.807) is 12.1 Å². The summed E-state index contributed by atoms with van der Waals surface area (Å²) in [6, 6.07) is 3.46. The average Bonchev–Trinajstić information content (AvgIpc) is 2.12. The normalized spacial score (nSPS) is 10.1. The first-order valence-electron chi connectivity index (χ1n) is 4.48. The Kier molecular flexibility index (Phi) is 4.83. The van der Waals surface area contributed by atoms with Crippen LogP contribution in [0.15, 0.2) is 16.6 Å². The third kappa shape index (κ3) is 3.33. The molecule has 5 heteroatoms. The first-order valence-corrected chi connectivity index (χ1v) is 6.05. The lowest BCUT2D eigenvalue weighted by Gasteiger charge is -2.12. The molecule has 0 fully saturated rings. The Bertz CT molecular complexity index is 384. The van der Waals surface area contributed by atoms with Crippen molar-refractivity contribution in [3.8, 4) is 5.75 Å². The fraction of sp³-hybridized carbons (Fsp3) is 0.300. The third-order valence-electron chi connectivity index (χ3n) is 1.73. The summed E-state index contributed by atoms with van der Waals surface area (Å²) in [5.41, 5.74) is 6.31. The number of thiocarbonyl (C=S) groups is 1. The van der Waals surface area contributed by atoms with E-state index < -0.39 is 0 Å². The van der Waals surface area contributed by atoms with Crippen LogP contribution in [-0.2, 0) is 0 Å². The van der Waals surface area contributed by atoms with Crippen molar-refractivity contribution < 1.29 is 4.74 Å². The number of benzene rings is 1. The van der Waals surface area contributed by atoms with Crippen LogP contribution in [0.3, 0.4) is 0 Å². The molecule has 1 rings (SSSR count). The molecule has 15 heavy (non-hydrogen) atoms. The van der Waals surface area contributed by atoms with Gasteiger partial charge in [-0.05, 0) is 34.5 Å². The van der Waals surface area contributed by atoms with Gasteiger partial charge in [0.2, 0.25) is 0 Å². The Hall–Kier alpha value is -0.320. The molecule has 0 amide bonds. The molecular weight excluding hydrogens is 298 g/mol. The van der Waals surface area contributed by atoms with Crippen molar-refractivity contribution in [3.05, 3.63) is 27.2 Å². The lowest BCUT2D eigenvalue weighted by molar-refractivity contribution is 0.317. The molecule has 2 nitrogen and oxygen atoms in total. The van der Waals surface area contributed by atoms with Gasteiger partial charge in [0.25, 0.3) is 0 Å². The van der Waals surface area contributed by atoms with E-state index in [9.17, 15) is 0 Å². The molecule has 82 valence electrons. The molecule has 1 aromatic rings. The van der Waals surface area contributed by atoms with Crippen LogP contribution in [0.2, 0.25) is 5.02 Å². The Morgan fingerprint density at radius 1 is 1.60 bits per heavy atom. The van der Waals surface area contributed by atoms with E-state index in [2.05, 4.69) is 15.9 Å². The van der Waals surface area contributed by atoms with E-state index in [1.807, 2.05) is 6.92 Å². The smallest absolute Gasteiger partial charge is 0.132 e. The van der Waals surface area contributed by atoms with E-state index in [0.29, 0.717) is 27.9 Å². The summed E-state index contributed by atoms with van der Waals surface area (Å²) in [5, 5.41) is 0.591. The van der Waals surface area contributed by atoms with Crippen LogP contribution in [0, 0.1) is 0 Å². The summed E-state index contributed by atoms with van der Waals surface area (Å²) in [5.74, 6) is 0.628. The zero-order valence-electron chi connectivity index (χ0n) is 8.22. The molecule has 0 saturated heterocycles. The second kappa shape index (κ2) is 5.68. The van der Waals surface area contributed by atoms with E-state index >= 15 is 0 Å². The van der Waals surface area contributed by atoms with Crippen LogP contribution >= 0.6 is 39.7 Å². The van der Waals surface area contributed by atoms with Crippen LogP contribution in [0.5, 0.6) is 5.75 Å². The van der Waals surface area contributed by atoms with Crippen molar-refractivity contribution in [2.45, 2.75) is 13.3 Å². The van der Waals surface area contributed by atoms with E-state index in [4.69, 9.17) is 34.3 Å². The fourth-order valence-electron chi connectivity index (χ4n) is 1.11. The molecule has 0 aliphatic heterocycles. The fourth-order valence-corrected chi connectivity index (χ4v) is 2.45. The van der Waals surface area contributed by atoms with E-state index in [0.717, 1.165) is 10.9 Å². The predicted octanol–water partition coefficient (Wildman–Crippen LogP) is 3.53. The largest absolute Gasteiger partial charge is 0.493 e. The van der Waals surface area contributed by atoms with E-state index in [1.165, 1.54) is 0 Å². The highest BCUT2D eigenvalue weighted by Gasteiger charge is 2.12. The highest BCUT2D eigenvalue weighted by molar-refractivity contribution is 9.10. The molecule has 0 unspecified atom stereocenters. The lowest BCUT2D eigenvalue weighted by Crippen LogP contribution is -2.13. The van der Waals surface area contributed by atoms with Crippen molar-refractivity contribution >= 4 is 44.7 Å². The highest BCUT2D eigenvalue weighted by Crippen LogP contribution is 2.31. The molecule has 0 aliphatic rings. The maximum Gasteiger partial charge on any atom is 0.132 e. The van der Waals surface area contributed by atoms with Gasteiger partial charge in [-0.3, -0.25) is 0 Å². The molecule has 1 aromatic carbocycles. The summed E-state index contributed by atoms with van der Waals surface area (Å²) in [7, 11) is 0. The number of hydrogen-bond donors (Lipinski definition) is 1. The minimum atomic E-state index is 0.296. The quantitative estimate of drug-likeness (QED) is 0.864. The molecule has 0 atom stereocenters. The number of halogens is 2. The second-order valence-electron chi connectivity index (χ2n) is 2.97. The molecule has 2 N–H and O–H groups in total. The van der Waals surface area contributed by atoms with Gasteiger partial charge in [0.15, 0.2) is 0 Å². The SMILES string of the molecule is CCCOc1cc(Cl)cc(Br)c1C(N)=S. The number of nitrogens with two attached hydrogens (primary N) is 1. The summed E-state index contributed by atoms with van der Waals surface area (Å²) < 4.78 is 6.29. The number of hydrogen-bond acceptors (Lipinski definition) is 2. The minimum Gasteiger partial charge on any atom is -0.493 e. The van der Waals surface area contributed by atoms with Gasteiger partial charge in [-0.1, -0.05) is 30.7 Å². The summed E-state index contributed by atoms with van der Waals surface area (Å²) >= 11 is 14.2. The number of rotatable bonds is 4. The van der Waals surface area contributed by atoms with Gasteiger partial charge in [0.05, 0.1) is 12.2 Å². The molecule has 0 radical (unpaired) electrons. The molecule has 0 aliphatic carbocycles. The second-order valence-corrected chi connectivity index (χ2v) is 4.70. The van der Waals surface area contributed by atoms with Crippen molar-refractivity contribution in [1.82, 2.24) is 0 Å². The van der Waals surface area contributed by atoms with E-state index in [-0.39, 0.29) is 0 Å². The Morgan fingerprint density at radius 3 is 2.80 bits per heavy atom. The zero-order valence-corrected chi connectivity index (χ0v) is 11.4. The zero-order chi connectivity index (χ0) is 11.4. The van der Waals surface area contributed by atoms with Crippen LogP contribution in [-0.4, -0.2) is 11.6 Å². The Labute approximate surface area is 108 Å². The molecule has 0 aromatic heterocycles. The third-order valence-corrected chi connectivity index (χ3v) is 2.77. The summed E-state index contributed by atoms with van der Waals surface area (Å²) in [6.45, 7) is 2.64. The van der Waals surface area contributed by atoms with Crippen molar-refractivity contribution in [1.29, 1.82) is 0 Å². The van der Waals surface area contributed by atoms with Crippen LogP contribution in [0.1, 0.15) is 18.9 Å². The molecule has 0 spiro atoms. The van der Waals surface area contributed by atoms with Crippen LogP contribution in [0.4, 0.5) is 0 Å². The summed E-state index contributed by atoms with van der Waals surface area (Å²) in [4.78, 5) is 0.296. The van der Waals surface area contributed by atoms with Gasteiger partial charge in [-0.2, -0.15) is 0 Å². The predicted molar refractivity (Wildman–Crippen MR) is 70.8 cm³/mol. The van der Waals surface area contributed by atoms with Gasteiger partial charge < -0.3 is 10.5 Å². The van der Waals surface area contributed by atoms with Crippen molar-refractivity contribution in [3.63, 3.8) is 0 Å². The van der Waals surface area contributed by atoms with Gasteiger partial charge in [0, 0.05) is 9.50 Å². The van der Waals surface area contributed by atoms with Crippen LogP contribution in [0.25, 0.3) is 0 Å². The minimum absolute atomic E-state index is 0.296.